The molecule has 1 heterocycles. The molecule has 3 N–H and O–H groups in total. The summed E-state index contributed by atoms with van der Waals surface area (Å²) in [4.78, 5) is 17.6. The van der Waals surface area contributed by atoms with Gasteiger partial charge in [-0.15, -0.1) is 0 Å². The molecule has 1 aromatic heterocycles. The summed E-state index contributed by atoms with van der Waals surface area (Å²) in [6, 6.07) is 17.4. The number of hydrogen-bond acceptors (Lipinski definition) is 3. The molecule has 0 aliphatic rings. The van der Waals surface area contributed by atoms with Gasteiger partial charge in [0.25, 0.3) is 5.91 Å². The first-order chi connectivity index (χ1) is 15.1. The van der Waals surface area contributed by atoms with Gasteiger partial charge in [0.1, 0.15) is 0 Å². The molecule has 164 valence electrons. The lowest BCUT2D eigenvalue weighted by atomic mass is 10.1. The van der Waals surface area contributed by atoms with E-state index < -0.39 is 0 Å². The van der Waals surface area contributed by atoms with Gasteiger partial charge in [0.05, 0.1) is 0 Å². The molecular formula is C26H34N4O. The number of hydrogen-bond donors (Lipinski definition) is 3. The van der Waals surface area contributed by atoms with E-state index in [9.17, 15) is 4.79 Å². The van der Waals surface area contributed by atoms with Gasteiger partial charge in [-0.1, -0.05) is 49.4 Å². The quantitative estimate of drug-likeness (QED) is 0.241. The van der Waals surface area contributed by atoms with E-state index in [-0.39, 0.29) is 5.91 Å². The second-order valence-electron chi connectivity index (χ2n) is 8.16. The number of para-hydroxylation sites is 1. The Kier molecular flexibility index (Phi) is 8.44. The summed E-state index contributed by atoms with van der Waals surface area (Å²) < 4.78 is 0. The number of fused-ring (bicyclic) bond motifs is 1. The monoisotopic (exact) mass is 418 g/mol. The van der Waals surface area contributed by atoms with Crippen LogP contribution in [-0.2, 0) is 17.8 Å². The third-order valence-corrected chi connectivity index (χ3v) is 5.45. The Hall–Kier alpha value is -2.89. The maximum Gasteiger partial charge on any atom is 0.258 e. The first kappa shape index (κ1) is 22.8. The summed E-state index contributed by atoms with van der Waals surface area (Å²) >= 11 is 0. The van der Waals surface area contributed by atoms with E-state index in [1.165, 1.54) is 22.0 Å². The van der Waals surface area contributed by atoms with E-state index in [4.69, 9.17) is 0 Å². The van der Waals surface area contributed by atoms with Crippen LogP contribution >= 0.6 is 0 Å². The number of carbonyl (C=O) groups is 1. The summed E-state index contributed by atoms with van der Waals surface area (Å²) in [5.74, 6) is -0.138. The Bertz CT molecular complexity index is 988. The minimum absolute atomic E-state index is 0.138. The Morgan fingerprint density at radius 1 is 1.13 bits per heavy atom. The smallest absolute Gasteiger partial charge is 0.258 e. The number of amides is 1. The molecule has 0 bridgehead atoms. The molecule has 0 aliphatic heterocycles. The second kappa shape index (κ2) is 11.5. The van der Waals surface area contributed by atoms with Crippen molar-refractivity contribution in [1.82, 2.24) is 20.7 Å². The third kappa shape index (κ3) is 6.81. The van der Waals surface area contributed by atoms with Gasteiger partial charge in [0.15, 0.2) is 0 Å². The van der Waals surface area contributed by atoms with Crippen LogP contribution in [0.15, 0.2) is 60.8 Å². The number of hydrazine groups is 1. The molecule has 0 saturated heterocycles. The number of nitrogens with one attached hydrogen (secondary N) is 3. The molecule has 0 saturated carbocycles. The van der Waals surface area contributed by atoms with Crippen molar-refractivity contribution < 1.29 is 4.79 Å². The Morgan fingerprint density at radius 3 is 2.65 bits per heavy atom. The highest BCUT2D eigenvalue weighted by atomic mass is 16.2. The molecular weight excluding hydrogens is 384 g/mol. The lowest BCUT2D eigenvalue weighted by Crippen LogP contribution is -2.36. The zero-order valence-corrected chi connectivity index (χ0v) is 18.8. The lowest BCUT2D eigenvalue weighted by Gasteiger charge is -2.26. The minimum atomic E-state index is -0.138. The number of aromatic amines is 1. The molecule has 2 aromatic carbocycles. The van der Waals surface area contributed by atoms with Gasteiger partial charge in [0, 0.05) is 48.9 Å². The van der Waals surface area contributed by atoms with Crippen LogP contribution in [0.3, 0.4) is 0 Å². The number of aromatic nitrogens is 1. The molecule has 31 heavy (non-hydrogen) atoms. The van der Waals surface area contributed by atoms with Crippen molar-refractivity contribution >= 4 is 22.9 Å². The van der Waals surface area contributed by atoms with Crippen molar-refractivity contribution in [3.8, 4) is 0 Å². The maximum absolute atomic E-state index is 11.8. The van der Waals surface area contributed by atoms with E-state index >= 15 is 0 Å². The van der Waals surface area contributed by atoms with Gasteiger partial charge < -0.3 is 4.98 Å². The Morgan fingerprint density at radius 2 is 1.90 bits per heavy atom. The van der Waals surface area contributed by atoms with Gasteiger partial charge >= 0.3 is 0 Å². The van der Waals surface area contributed by atoms with Crippen LogP contribution in [0.25, 0.3) is 17.0 Å². The topological polar surface area (TPSA) is 60.2 Å². The lowest BCUT2D eigenvalue weighted by molar-refractivity contribution is -0.117. The summed E-state index contributed by atoms with van der Waals surface area (Å²) in [5, 5.41) is 1.32. The highest BCUT2D eigenvalue weighted by molar-refractivity contribution is 5.91. The normalized spacial score (nSPS) is 11.8. The molecule has 0 radical (unpaired) electrons. The largest absolute Gasteiger partial charge is 0.361 e. The molecule has 5 nitrogen and oxygen atoms in total. The highest BCUT2D eigenvalue weighted by Crippen LogP contribution is 2.19. The fourth-order valence-corrected chi connectivity index (χ4v) is 3.58. The summed E-state index contributed by atoms with van der Waals surface area (Å²) in [6.07, 6.45) is 7.52. The van der Waals surface area contributed by atoms with Crippen LogP contribution in [0, 0.1) is 0 Å². The van der Waals surface area contributed by atoms with Crippen molar-refractivity contribution in [3.05, 3.63) is 77.5 Å². The summed E-state index contributed by atoms with van der Waals surface area (Å²) in [7, 11) is 0. The van der Waals surface area contributed by atoms with Crippen LogP contribution in [-0.4, -0.2) is 34.9 Å². The molecule has 3 aromatic rings. The number of H-pyrrole nitrogens is 1. The second-order valence-corrected chi connectivity index (χ2v) is 8.16. The first-order valence-corrected chi connectivity index (χ1v) is 11.2. The van der Waals surface area contributed by atoms with Gasteiger partial charge in [-0.05, 0) is 55.5 Å². The fourth-order valence-electron chi connectivity index (χ4n) is 3.58. The standard InChI is InChI=1S/C26H34N4O/c1-4-16-28-29-26(31)14-13-21-9-11-22(12-10-21)19-30(20(2)3)17-15-23-18-27-25-8-6-5-7-24(23)25/h5-14,18,20,27-28H,4,15-17,19H2,1-3H3,(H,29,31)/b14-13+. The van der Waals surface area contributed by atoms with Gasteiger partial charge in [-0.2, -0.15) is 0 Å². The van der Waals surface area contributed by atoms with Crippen molar-refractivity contribution in [2.24, 2.45) is 0 Å². The van der Waals surface area contributed by atoms with Crippen LogP contribution in [0.5, 0.6) is 0 Å². The Labute approximate surface area is 185 Å². The Balaban J connectivity index is 1.55. The van der Waals surface area contributed by atoms with E-state index in [0.717, 1.165) is 38.0 Å². The van der Waals surface area contributed by atoms with Crippen molar-refractivity contribution in [2.75, 3.05) is 13.1 Å². The molecule has 0 spiro atoms. The molecule has 0 aliphatic carbocycles. The van der Waals surface area contributed by atoms with Crippen LogP contribution in [0.1, 0.15) is 43.9 Å². The van der Waals surface area contributed by atoms with Crippen molar-refractivity contribution in [3.63, 3.8) is 0 Å². The zero-order chi connectivity index (χ0) is 22.1. The third-order valence-electron chi connectivity index (χ3n) is 5.45. The molecule has 5 heteroatoms. The van der Waals surface area contributed by atoms with Crippen molar-refractivity contribution in [1.29, 1.82) is 0 Å². The average molecular weight is 419 g/mol. The zero-order valence-electron chi connectivity index (χ0n) is 18.8. The molecule has 3 rings (SSSR count). The number of nitrogens with zero attached hydrogens (tertiary/aromatic N) is 1. The summed E-state index contributed by atoms with van der Waals surface area (Å²) in [6.45, 7) is 9.23. The molecule has 1 amide bonds. The highest BCUT2D eigenvalue weighted by Gasteiger charge is 2.12. The summed E-state index contributed by atoms with van der Waals surface area (Å²) in [5.41, 5.74) is 10.4. The predicted octanol–water partition coefficient (Wildman–Crippen LogP) is 4.67. The minimum Gasteiger partial charge on any atom is -0.361 e. The van der Waals surface area contributed by atoms with E-state index in [2.05, 4.69) is 96.2 Å². The van der Waals surface area contributed by atoms with Crippen LogP contribution in [0.2, 0.25) is 0 Å². The molecule has 0 atom stereocenters. The average Bonchev–Trinajstić information content (AvgIpc) is 3.19. The number of carbonyl (C=O) groups excluding carboxylic acids is 1. The van der Waals surface area contributed by atoms with Crippen LogP contribution < -0.4 is 10.9 Å². The fraction of sp³-hybridized carbons (Fsp3) is 0.346. The van der Waals surface area contributed by atoms with E-state index in [1.54, 1.807) is 6.08 Å². The number of benzene rings is 2. The van der Waals surface area contributed by atoms with E-state index in [1.807, 2.05) is 6.08 Å². The van der Waals surface area contributed by atoms with Gasteiger partial charge in [0.2, 0.25) is 0 Å². The van der Waals surface area contributed by atoms with Gasteiger partial charge in [-0.25, -0.2) is 5.43 Å². The molecule has 0 unspecified atom stereocenters. The van der Waals surface area contributed by atoms with E-state index in [0.29, 0.717) is 6.04 Å². The first-order valence-electron chi connectivity index (χ1n) is 11.2. The molecule has 0 fully saturated rings. The van der Waals surface area contributed by atoms with Crippen molar-refractivity contribution in [2.45, 2.75) is 46.2 Å². The van der Waals surface area contributed by atoms with Crippen LogP contribution in [0.4, 0.5) is 0 Å². The number of rotatable bonds is 11. The SMILES string of the molecule is CCCNNC(=O)/C=C/c1ccc(CN(CCc2c[nH]c3ccccc23)C(C)C)cc1. The predicted molar refractivity (Wildman–Crippen MR) is 129 cm³/mol. The van der Waals surface area contributed by atoms with Gasteiger partial charge in [-0.3, -0.25) is 15.1 Å². The maximum atomic E-state index is 11.8.